The van der Waals surface area contributed by atoms with Crippen molar-refractivity contribution in [2.24, 2.45) is 11.8 Å². The molecule has 0 saturated carbocycles. The van der Waals surface area contributed by atoms with Crippen molar-refractivity contribution in [2.75, 3.05) is 0 Å². The Morgan fingerprint density at radius 1 is 1.02 bits per heavy atom. The predicted octanol–water partition coefficient (Wildman–Crippen LogP) is 6.07. The lowest BCUT2D eigenvalue weighted by atomic mass is 9.94. The lowest BCUT2D eigenvalue weighted by Crippen LogP contribution is -2.27. The van der Waals surface area contributed by atoms with Crippen molar-refractivity contribution >= 4 is 11.9 Å². The van der Waals surface area contributed by atoms with Gasteiger partial charge in [0.25, 0.3) is 0 Å². The van der Waals surface area contributed by atoms with E-state index in [1.807, 2.05) is 45.1 Å². The number of allylic oxidation sites excluding steroid dienone is 9. The largest absolute Gasteiger partial charge is 0.462 e. The Bertz CT molecular complexity index is 997. The van der Waals surface area contributed by atoms with Gasteiger partial charge in [0, 0.05) is 25.3 Å². The molecule has 0 aliphatic carbocycles. The van der Waals surface area contributed by atoms with Crippen molar-refractivity contribution in [3.8, 4) is 0 Å². The van der Waals surface area contributed by atoms with E-state index >= 15 is 0 Å². The lowest BCUT2D eigenvalue weighted by Gasteiger charge is -2.24. The van der Waals surface area contributed by atoms with E-state index in [-0.39, 0.29) is 36.4 Å². The fraction of sp³-hybridized carbons (Fsp3) is 0.588. The molecular formula is C34H52O7. The average molecular weight is 573 g/mol. The maximum absolute atomic E-state index is 12.6. The second-order valence-corrected chi connectivity index (χ2v) is 11.6. The first-order chi connectivity index (χ1) is 19.3. The lowest BCUT2D eigenvalue weighted by molar-refractivity contribution is -0.151. The van der Waals surface area contributed by atoms with E-state index in [9.17, 15) is 24.9 Å². The Morgan fingerprint density at radius 2 is 1.71 bits per heavy atom. The highest BCUT2D eigenvalue weighted by atomic mass is 16.5. The van der Waals surface area contributed by atoms with Crippen LogP contribution in [0.25, 0.3) is 0 Å². The van der Waals surface area contributed by atoms with Crippen LogP contribution < -0.4 is 0 Å². The van der Waals surface area contributed by atoms with Crippen LogP contribution >= 0.6 is 0 Å². The smallest absolute Gasteiger partial charge is 0.331 e. The molecule has 7 heteroatoms. The molecule has 0 saturated heterocycles. The van der Waals surface area contributed by atoms with Crippen LogP contribution in [0.2, 0.25) is 0 Å². The number of hydrogen-bond donors (Lipinski definition) is 3. The Balaban J connectivity index is 2.73. The summed E-state index contributed by atoms with van der Waals surface area (Å²) in [4.78, 5) is 24.9. The standard InChI is InChI=1S/C34H52O7/c1-23(2)31-15-9-8-14-27(6)32(16-11-17-33(38)40-31)41-34(39)19-18-26(5)20-24(3)12-10-13-25(4)21-29(36)30(37)22-28(7)35/h8-10,12-13,18-21,23,27-32,35-37H,11,14-17,22H2,1-7H3/b9-8+,13-10+,19-18+,24-12+,25-21+,26-20+. The van der Waals surface area contributed by atoms with Gasteiger partial charge in [0.15, 0.2) is 0 Å². The first-order valence-corrected chi connectivity index (χ1v) is 14.8. The summed E-state index contributed by atoms with van der Waals surface area (Å²) in [6.45, 7) is 13.4. The van der Waals surface area contributed by atoms with Crippen molar-refractivity contribution in [1.82, 2.24) is 0 Å². The number of carbonyl (C=O) groups excluding carboxylic acids is 2. The highest BCUT2D eigenvalue weighted by molar-refractivity contribution is 5.82. The highest BCUT2D eigenvalue weighted by Gasteiger charge is 2.23. The molecule has 7 nitrogen and oxygen atoms in total. The van der Waals surface area contributed by atoms with Gasteiger partial charge in [-0.1, -0.05) is 86.1 Å². The van der Waals surface area contributed by atoms with Crippen molar-refractivity contribution in [1.29, 1.82) is 0 Å². The zero-order chi connectivity index (χ0) is 30.9. The molecule has 3 N–H and O–H groups in total. The SMILES string of the molecule is CC(=C\C=C\C(C)=C\C(O)C(O)CC(C)O)/C=C(C)/C=C/C(=O)OC1CCCC(=O)OC(C(C)C)C/C=C/CC1C. The monoisotopic (exact) mass is 572 g/mol. The topological polar surface area (TPSA) is 113 Å². The van der Waals surface area contributed by atoms with Crippen LogP contribution in [-0.2, 0) is 19.1 Å². The molecule has 0 aromatic carbocycles. The van der Waals surface area contributed by atoms with Crippen LogP contribution in [-0.4, -0.2) is 57.8 Å². The minimum absolute atomic E-state index is 0.102. The van der Waals surface area contributed by atoms with Crippen LogP contribution in [0.5, 0.6) is 0 Å². The molecule has 0 radical (unpaired) electrons. The third-order valence-electron chi connectivity index (χ3n) is 6.91. The maximum atomic E-state index is 12.6. The van der Waals surface area contributed by atoms with E-state index in [1.54, 1.807) is 19.1 Å². The van der Waals surface area contributed by atoms with E-state index in [0.29, 0.717) is 25.7 Å². The van der Waals surface area contributed by atoms with Gasteiger partial charge < -0.3 is 24.8 Å². The minimum atomic E-state index is -1.05. The third kappa shape index (κ3) is 16.3. The zero-order valence-electron chi connectivity index (χ0n) is 26.0. The summed E-state index contributed by atoms with van der Waals surface area (Å²) < 4.78 is 11.4. The van der Waals surface area contributed by atoms with Gasteiger partial charge in [-0.3, -0.25) is 4.79 Å². The normalized spacial score (nSPS) is 25.4. The fourth-order valence-corrected chi connectivity index (χ4v) is 4.40. The molecule has 1 aliphatic heterocycles. The molecule has 1 rings (SSSR count). The summed E-state index contributed by atoms with van der Waals surface area (Å²) in [7, 11) is 0. The van der Waals surface area contributed by atoms with Gasteiger partial charge in [0.1, 0.15) is 12.2 Å². The summed E-state index contributed by atoms with van der Waals surface area (Å²) >= 11 is 0. The van der Waals surface area contributed by atoms with Gasteiger partial charge >= 0.3 is 11.9 Å². The molecule has 1 heterocycles. The second kappa shape index (κ2) is 19.4. The van der Waals surface area contributed by atoms with Crippen LogP contribution in [0.4, 0.5) is 0 Å². The Labute approximate surface area is 247 Å². The van der Waals surface area contributed by atoms with E-state index in [4.69, 9.17) is 9.47 Å². The molecule has 0 spiro atoms. The highest BCUT2D eigenvalue weighted by Crippen LogP contribution is 2.22. The summed E-state index contributed by atoms with van der Waals surface area (Å²) in [5, 5.41) is 29.3. The van der Waals surface area contributed by atoms with Crippen molar-refractivity contribution in [2.45, 2.75) is 118 Å². The molecule has 41 heavy (non-hydrogen) atoms. The molecule has 0 amide bonds. The van der Waals surface area contributed by atoms with Gasteiger partial charge in [-0.25, -0.2) is 4.79 Å². The number of rotatable bonds is 11. The predicted molar refractivity (Wildman–Crippen MR) is 164 cm³/mol. The first kappa shape index (κ1) is 36.3. The van der Waals surface area contributed by atoms with Gasteiger partial charge in [-0.2, -0.15) is 0 Å². The Morgan fingerprint density at radius 3 is 2.37 bits per heavy atom. The number of cyclic esters (lactones) is 1. The molecular weight excluding hydrogens is 520 g/mol. The average Bonchev–Trinajstić information content (AvgIpc) is 2.87. The van der Waals surface area contributed by atoms with Gasteiger partial charge in [0.2, 0.25) is 0 Å². The van der Waals surface area contributed by atoms with E-state index in [0.717, 1.165) is 23.1 Å². The first-order valence-electron chi connectivity index (χ1n) is 14.8. The van der Waals surface area contributed by atoms with Crippen LogP contribution in [0.15, 0.2) is 71.4 Å². The second-order valence-electron chi connectivity index (χ2n) is 11.6. The van der Waals surface area contributed by atoms with E-state index in [2.05, 4.69) is 32.9 Å². The minimum Gasteiger partial charge on any atom is -0.462 e. The van der Waals surface area contributed by atoms with E-state index < -0.39 is 24.3 Å². The summed E-state index contributed by atoms with van der Waals surface area (Å²) in [6.07, 6.45) is 16.3. The zero-order valence-corrected chi connectivity index (χ0v) is 26.0. The van der Waals surface area contributed by atoms with E-state index in [1.165, 1.54) is 6.08 Å². The van der Waals surface area contributed by atoms with Crippen LogP contribution in [0.1, 0.15) is 87.0 Å². The number of aliphatic hydroxyl groups excluding tert-OH is 3. The molecule has 6 atom stereocenters. The number of aliphatic hydroxyl groups is 3. The molecule has 1 aliphatic rings. The van der Waals surface area contributed by atoms with Crippen molar-refractivity contribution in [3.05, 3.63) is 71.4 Å². The van der Waals surface area contributed by atoms with Gasteiger partial charge in [-0.15, -0.1) is 0 Å². The summed E-state index contributed by atoms with van der Waals surface area (Å²) in [5.41, 5.74) is 2.62. The maximum Gasteiger partial charge on any atom is 0.331 e. The molecule has 0 fully saturated rings. The van der Waals surface area contributed by atoms with Crippen LogP contribution in [0, 0.1) is 11.8 Å². The number of carbonyl (C=O) groups is 2. The molecule has 6 unspecified atom stereocenters. The van der Waals surface area contributed by atoms with Gasteiger partial charge in [0.05, 0.1) is 18.3 Å². The quantitative estimate of drug-likeness (QED) is 0.119. The Hall–Kier alpha value is -2.74. The van der Waals surface area contributed by atoms with Crippen molar-refractivity contribution < 1.29 is 34.4 Å². The summed E-state index contributed by atoms with van der Waals surface area (Å²) in [6, 6.07) is 0. The fourth-order valence-electron chi connectivity index (χ4n) is 4.40. The van der Waals surface area contributed by atoms with Gasteiger partial charge in [-0.05, 0) is 58.8 Å². The van der Waals surface area contributed by atoms with Crippen molar-refractivity contribution in [3.63, 3.8) is 0 Å². The molecule has 0 bridgehead atoms. The van der Waals surface area contributed by atoms with Crippen LogP contribution in [0.3, 0.4) is 0 Å². The molecule has 230 valence electrons. The molecule has 0 aromatic heterocycles. The number of ether oxygens (including phenoxy) is 2. The molecule has 0 aromatic rings. The third-order valence-corrected chi connectivity index (χ3v) is 6.91. The number of esters is 2. The summed E-state index contributed by atoms with van der Waals surface area (Å²) in [5.74, 6) is -0.228. The number of hydrogen-bond acceptors (Lipinski definition) is 7. The Kier molecular flexibility index (Phi) is 17.2.